The zero-order valence-corrected chi connectivity index (χ0v) is 4.12. The maximum Gasteiger partial charge on any atom is 0.209 e. The monoisotopic (exact) mass is 101 g/mol. The normalized spacial score (nSPS) is 7.33. The number of hydrogen-bond donors (Lipinski definition) is 0. The SMILES string of the molecule is C=CSC[C]=O. The van der Waals surface area contributed by atoms with E-state index >= 15 is 0 Å². The van der Waals surface area contributed by atoms with Gasteiger partial charge in [-0.1, -0.05) is 6.58 Å². The van der Waals surface area contributed by atoms with Crippen LogP contribution in [0.4, 0.5) is 0 Å². The van der Waals surface area contributed by atoms with E-state index in [4.69, 9.17) is 0 Å². The molecule has 0 aromatic carbocycles. The van der Waals surface area contributed by atoms with Crippen LogP contribution in [0.5, 0.6) is 0 Å². The first kappa shape index (κ1) is 5.76. The van der Waals surface area contributed by atoms with E-state index in [1.807, 2.05) is 0 Å². The van der Waals surface area contributed by atoms with Crippen molar-refractivity contribution in [2.45, 2.75) is 0 Å². The van der Waals surface area contributed by atoms with Crippen LogP contribution in [0.25, 0.3) is 0 Å². The van der Waals surface area contributed by atoms with Gasteiger partial charge in [0.2, 0.25) is 6.29 Å². The van der Waals surface area contributed by atoms with Gasteiger partial charge >= 0.3 is 0 Å². The third-order valence-corrected chi connectivity index (χ3v) is 0.780. The van der Waals surface area contributed by atoms with Gasteiger partial charge in [0.1, 0.15) is 0 Å². The van der Waals surface area contributed by atoms with Gasteiger partial charge in [0.25, 0.3) is 0 Å². The van der Waals surface area contributed by atoms with Crippen molar-refractivity contribution in [2.24, 2.45) is 0 Å². The third-order valence-electron chi connectivity index (χ3n) is 0.260. The van der Waals surface area contributed by atoms with E-state index in [1.54, 1.807) is 11.7 Å². The third kappa shape index (κ3) is 3.76. The average molecular weight is 101 g/mol. The van der Waals surface area contributed by atoms with E-state index < -0.39 is 0 Å². The van der Waals surface area contributed by atoms with Crippen LogP contribution in [0.2, 0.25) is 0 Å². The maximum atomic E-state index is 9.37. The molecule has 33 valence electrons. The molecular formula is C4H5OS. The molecule has 2 heteroatoms. The predicted molar refractivity (Wildman–Crippen MR) is 28.3 cm³/mol. The van der Waals surface area contributed by atoms with Crippen LogP contribution in [-0.2, 0) is 4.79 Å². The fourth-order valence-electron chi connectivity index (χ4n) is 0.0929. The Balaban J connectivity index is 2.66. The lowest BCUT2D eigenvalue weighted by atomic mass is 10.9. The molecule has 0 rings (SSSR count). The Hall–Kier alpha value is -0.240. The largest absolute Gasteiger partial charge is 0.290 e. The van der Waals surface area contributed by atoms with Crippen molar-refractivity contribution in [3.05, 3.63) is 12.0 Å². The lowest BCUT2D eigenvalue weighted by Crippen LogP contribution is -1.70. The van der Waals surface area contributed by atoms with Crippen LogP contribution in [0.15, 0.2) is 12.0 Å². The summed E-state index contributed by atoms with van der Waals surface area (Å²) < 4.78 is 0. The Bertz CT molecular complexity index is 43.5. The molecule has 0 aliphatic carbocycles. The van der Waals surface area contributed by atoms with Gasteiger partial charge in [0.05, 0.1) is 5.75 Å². The van der Waals surface area contributed by atoms with E-state index in [2.05, 4.69) is 6.58 Å². The van der Waals surface area contributed by atoms with Gasteiger partial charge < -0.3 is 0 Å². The summed E-state index contributed by atoms with van der Waals surface area (Å²) in [7, 11) is 0. The van der Waals surface area contributed by atoms with Crippen LogP contribution in [0.3, 0.4) is 0 Å². The van der Waals surface area contributed by atoms with Gasteiger partial charge in [0, 0.05) is 0 Å². The zero-order chi connectivity index (χ0) is 4.83. The van der Waals surface area contributed by atoms with Crippen molar-refractivity contribution in [3.63, 3.8) is 0 Å². The van der Waals surface area contributed by atoms with E-state index in [9.17, 15) is 4.79 Å². The Kier molecular flexibility index (Phi) is 4.57. The summed E-state index contributed by atoms with van der Waals surface area (Å²) in [6.45, 7) is 3.38. The second-order valence-electron chi connectivity index (χ2n) is 0.622. The first-order valence-corrected chi connectivity index (χ1v) is 2.54. The second kappa shape index (κ2) is 4.76. The highest BCUT2D eigenvalue weighted by molar-refractivity contribution is 8.02. The first-order chi connectivity index (χ1) is 2.91. The molecule has 1 nitrogen and oxygen atoms in total. The Labute approximate surface area is 41.4 Å². The molecule has 0 saturated heterocycles. The summed E-state index contributed by atoms with van der Waals surface area (Å²) in [6, 6.07) is 0. The van der Waals surface area contributed by atoms with E-state index in [-0.39, 0.29) is 0 Å². The molecule has 0 bridgehead atoms. The first-order valence-electron chi connectivity index (χ1n) is 1.49. The molecule has 0 aliphatic rings. The fourth-order valence-corrected chi connectivity index (χ4v) is 0.279. The number of carbonyl (C=O) groups excluding carboxylic acids is 1. The highest BCUT2D eigenvalue weighted by Gasteiger charge is 1.72. The topological polar surface area (TPSA) is 17.1 Å². The summed E-state index contributed by atoms with van der Waals surface area (Å²) in [4.78, 5) is 9.37. The molecule has 0 unspecified atom stereocenters. The van der Waals surface area contributed by atoms with Crippen molar-refractivity contribution < 1.29 is 4.79 Å². The van der Waals surface area contributed by atoms with E-state index in [1.165, 1.54) is 11.8 Å². The highest BCUT2D eigenvalue weighted by Crippen LogP contribution is 1.93. The fraction of sp³-hybridized carbons (Fsp3) is 0.250. The lowest BCUT2D eigenvalue weighted by Gasteiger charge is -1.72. The lowest BCUT2D eigenvalue weighted by molar-refractivity contribution is 0.560. The molecule has 0 heterocycles. The van der Waals surface area contributed by atoms with Gasteiger partial charge in [-0.3, -0.25) is 4.79 Å². The molecule has 0 aromatic heterocycles. The maximum absolute atomic E-state index is 9.37. The summed E-state index contributed by atoms with van der Waals surface area (Å²) >= 11 is 1.35. The molecule has 0 aromatic rings. The van der Waals surface area contributed by atoms with Crippen LogP contribution in [-0.4, -0.2) is 12.0 Å². The molecule has 1 radical (unpaired) electrons. The molecule has 0 amide bonds. The molecule has 0 atom stereocenters. The van der Waals surface area contributed by atoms with E-state index in [0.29, 0.717) is 5.75 Å². The predicted octanol–water partition coefficient (Wildman–Crippen LogP) is 0.973. The van der Waals surface area contributed by atoms with Gasteiger partial charge in [0.15, 0.2) is 0 Å². The molecule has 0 saturated carbocycles. The molecule has 6 heavy (non-hydrogen) atoms. The van der Waals surface area contributed by atoms with Crippen LogP contribution in [0.1, 0.15) is 0 Å². The smallest absolute Gasteiger partial charge is 0.209 e. The van der Waals surface area contributed by atoms with Gasteiger partial charge in [-0.25, -0.2) is 0 Å². The molecule has 0 fully saturated rings. The second-order valence-corrected chi connectivity index (χ2v) is 1.58. The quantitative estimate of drug-likeness (QED) is 0.493. The Morgan fingerprint density at radius 3 is 2.83 bits per heavy atom. The van der Waals surface area contributed by atoms with Gasteiger partial charge in [-0.05, 0) is 5.41 Å². The minimum absolute atomic E-state index is 0.406. The summed E-state index contributed by atoms with van der Waals surface area (Å²) in [5.74, 6) is 0.406. The summed E-state index contributed by atoms with van der Waals surface area (Å²) in [6.07, 6.45) is 1.71. The molecule has 0 aliphatic heterocycles. The Morgan fingerprint density at radius 1 is 2.00 bits per heavy atom. The van der Waals surface area contributed by atoms with Crippen LogP contribution < -0.4 is 0 Å². The van der Waals surface area contributed by atoms with Crippen molar-refractivity contribution in [1.82, 2.24) is 0 Å². The van der Waals surface area contributed by atoms with Crippen molar-refractivity contribution in [1.29, 1.82) is 0 Å². The molecule has 0 spiro atoms. The van der Waals surface area contributed by atoms with Crippen molar-refractivity contribution in [2.75, 3.05) is 5.75 Å². The summed E-state index contributed by atoms with van der Waals surface area (Å²) in [5.41, 5.74) is 0. The molecule has 0 N–H and O–H groups in total. The number of hydrogen-bond acceptors (Lipinski definition) is 2. The minimum atomic E-state index is 0.406. The zero-order valence-electron chi connectivity index (χ0n) is 3.31. The minimum Gasteiger partial charge on any atom is -0.290 e. The van der Waals surface area contributed by atoms with Gasteiger partial charge in [-0.15, -0.1) is 11.8 Å². The van der Waals surface area contributed by atoms with E-state index in [0.717, 1.165) is 0 Å². The average Bonchev–Trinajstić information content (AvgIpc) is 1.61. The molecular weight excluding hydrogens is 96.1 g/mol. The van der Waals surface area contributed by atoms with Crippen LogP contribution in [0, 0.1) is 0 Å². The van der Waals surface area contributed by atoms with Crippen LogP contribution >= 0.6 is 11.8 Å². The number of thioether (sulfide) groups is 1. The van der Waals surface area contributed by atoms with Crippen molar-refractivity contribution in [3.8, 4) is 0 Å². The highest BCUT2D eigenvalue weighted by atomic mass is 32.2. The van der Waals surface area contributed by atoms with Crippen molar-refractivity contribution >= 4 is 18.0 Å². The van der Waals surface area contributed by atoms with Gasteiger partial charge in [-0.2, -0.15) is 0 Å². The standard InChI is InChI=1S/C4H5OS/c1-2-6-4-3-5/h2H,1,4H2. The summed E-state index contributed by atoms with van der Waals surface area (Å²) in [5, 5.41) is 1.62. The Morgan fingerprint density at radius 2 is 2.67 bits per heavy atom. The number of rotatable bonds is 3.